The van der Waals surface area contributed by atoms with Gasteiger partial charge < -0.3 is 15.7 Å². The third-order valence-corrected chi connectivity index (χ3v) is 3.66. The van der Waals surface area contributed by atoms with Gasteiger partial charge in [0.25, 0.3) is 5.91 Å². The van der Waals surface area contributed by atoms with Gasteiger partial charge in [-0.15, -0.1) is 0 Å². The average molecular weight is 269 g/mol. The highest BCUT2D eigenvalue weighted by atomic mass is 35.5. The minimum absolute atomic E-state index is 0.0433. The number of aromatic hydroxyl groups is 1. The number of nitrogens with two attached hydrogens (primary N) is 1. The molecule has 1 aromatic rings. The van der Waals surface area contributed by atoms with E-state index in [2.05, 4.69) is 0 Å². The fourth-order valence-electron chi connectivity index (χ4n) is 2.29. The summed E-state index contributed by atoms with van der Waals surface area (Å²) in [4.78, 5) is 13.8. The fourth-order valence-corrected chi connectivity index (χ4v) is 2.49. The van der Waals surface area contributed by atoms with Crippen LogP contribution in [0.25, 0.3) is 0 Å². The Balaban J connectivity index is 2.03. The molecule has 1 aliphatic rings. The van der Waals surface area contributed by atoms with Gasteiger partial charge in [0.15, 0.2) is 0 Å². The molecule has 3 N–H and O–H groups in total. The molecule has 1 saturated carbocycles. The molecule has 0 aliphatic heterocycles. The average Bonchev–Trinajstić information content (AvgIpc) is 2.29. The number of rotatable bonds is 3. The number of phenolic OH excluding ortho intramolecular Hbond substituents is 1. The first-order valence-corrected chi connectivity index (χ1v) is 6.34. The lowest BCUT2D eigenvalue weighted by molar-refractivity contribution is 0.0734. The van der Waals surface area contributed by atoms with E-state index in [1.165, 1.54) is 18.2 Å². The van der Waals surface area contributed by atoms with Gasteiger partial charge in [0.1, 0.15) is 5.75 Å². The van der Waals surface area contributed by atoms with Crippen molar-refractivity contribution in [3.8, 4) is 5.75 Å². The Morgan fingerprint density at radius 2 is 2.22 bits per heavy atom. The summed E-state index contributed by atoms with van der Waals surface area (Å²) in [7, 11) is 1.74. The van der Waals surface area contributed by atoms with Gasteiger partial charge in [0.2, 0.25) is 0 Å². The molecule has 0 bridgehead atoms. The van der Waals surface area contributed by atoms with Crippen LogP contribution in [0.3, 0.4) is 0 Å². The monoisotopic (exact) mass is 268 g/mol. The Morgan fingerprint density at radius 1 is 1.56 bits per heavy atom. The van der Waals surface area contributed by atoms with Gasteiger partial charge in [0.05, 0.1) is 10.6 Å². The van der Waals surface area contributed by atoms with E-state index in [4.69, 9.17) is 17.3 Å². The van der Waals surface area contributed by atoms with Crippen LogP contribution in [0, 0.1) is 5.92 Å². The Kier molecular flexibility index (Phi) is 3.78. The fraction of sp³-hybridized carbons (Fsp3) is 0.462. The number of hydrogen-bond donors (Lipinski definition) is 2. The van der Waals surface area contributed by atoms with E-state index in [0.29, 0.717) is 23.0 Å². The molecule has 98 valence electrons. The molecule has 4 nitrogen and oxygen atoms in total. The largest absolute Gasteiger partial charge is 0.508 e. The van der Waals surface area contributed by atoms with Crippen LogP contribution in [0.5, 0.6) is 5.75 Å². The number of halogens is 1. The Hall–Kier alpha value is -1.26. The van der Waals surface area contributed by atoms with Crippen molar-refractivity contribution < 1.29 is 9.90 Å². The van der Waals surface area contributed by atoms with Gasteiger partial charge >= 0.3 is 0 Å². The molecule has 18 heavy (non-hydrogen) atoms. The van der Waals surface area contributed by atoms with Crippen LogP contribution in [0.15, 0.2) is 18.2 Å². The van der Waals surface area contributed by atoms with Gasteiger partial charge in [-0.2, -0.15) is 0 Å². The predicted molar refractivity (Wildman–Crippen MR) is 70.8 cm³/mol. The van der Waals surface area contributed by atoms with E-state index in [1.54, 1.807) is 11.9 Å². The van der Waals surface area contributed by atoms with Crippen molar-refractivity contribution in [3.63, 3.8) is 0 Å². The molecular weight excluding hydrogens is 252 g/mol. The Labute approximate surface area is 111 Å². The molecule has 5 heteroatoms. The maximum Gasteiger partial charge on any atom is 0.255 e. The normalized spacial score (nSPS) is 22.4. The number of amides is 1. The van der Waals surface area contributed by atoms with Crippen LogP contribution in [-0.4, -0.2) is 35.5 Å². The minimum atomic E-state index is -0.170. The van der Waals surface area contributed by atoms with Crippen LogP contribution in [-0.2, 0) is 0 Å². The molecule has 0 atom stereocenters. The molecule has 0 heterocycles. The maximum atomic E-state index is 12.2. The zero-order valence-corrected chi connectivity index (χ0v) is 11.0. The van der Waals surface area contributed by atoms with E-state index in [1.807, 2.05) is 0 Å². The summed E-state index contributed by atoms with van der Waals surface area (Å²) >= 11 is 5.96. The van der Waals surface area contributed by atoms with Crippen molar-refractivity contribution >= 4 is 17.5 Å². The van der Waals surface area contributed by atoms with Gasteiger partial charge in [-0.25, -0.2) is 0 Å². The summed E-state index contributed by atoms with van der Waals surface area (Å²) in [6.45, 7) is 0.679. The molecule has 1 fully saturated rings. The van der Waals surface area contributed by atoms with Gasteiger partial charge in [-0.1, -0.05) is 11.6 Å². The third-order valence-electron chi connectivity index (χ3n) is 3.33. The Bertz CT molecular complexity index is 458. The van der Waals surface area contributed by atoms with Crippen LogP contribution < -0.4 is 5.73 Å². The molecule has 1 aliphatic carbocycles. The summed E-state index contributed by atoms with van der Waals surface area (Å²) in [6, 6.07) is 4.66. The number of hydrogen-bond acceptors (Lipinski definition) is 3. The van der Waals surface area contributed by atoms with E-state index < -0.39 is 0 Å². The highest BCUT2D eigenvalue weighted by Crippen LogP contribution is 2.27. The summed E-state index contributed by atoms with van der Waals surface area (Å²) in [6.07, 6.45) is 1.93. The highest BCUT2D eigenvalue weighted by Gasteiger charge is 2.28. The number of carbonyl (C=O) groups is 1. The molecule has 0 radical (unpaired) electrons. The maximum absolute atomic E-state index is 12.2. The zero-order valence-electron chi connectivity index (χ0n) is 10.3. The summed E-state index contributed by atoms with van der Waals surface area (Å²) < 4.78 is 0. The van der Waals surface area contributed by atoms with Crippen LogP contribution in [0.4, 0.5) is 0 Å². The second kappa shape index (κ2) is 5.16. The van der Waals surface area contributed by atoms with Crippen LogP contribution in [0.2, 0.25) is 5.02 Å². The first-order valence-electron chi connectivity index (χ1n) is 5.97. The van der Waals surface area contributed by atoms with Crippen molar-refractivity contribution in [2.24, 2.45) is 11.7 Å². The van der Waals surface area contributed by atoms with E-state index >= 15 is 0 Å². The van der Waals surface area contributed by atoms with E-state index in [0.717, 1.165) is 12.8 Å². The van der Waals surface area contributed by atoms with Crippen molar-refractivity contribution in [1.29, 1.82) is 0 Å². The summed E-state index contributed by atoms with van der Waals surface area (Å²) in [5, 5.41) is 9.75. The second-order valence-corrected chi connectivity index (χ2v) is 5.35. The zero-order chi connectivity index (χ0) is 13.3. The van der Waals surface area contributed by atoms with Crippen LogP contribution >= 0.6 is 11.6 Å². The quantitative estimate of drug-likeness (QED) is 0.879. The number of phenols is 1. The smallest absolute Gasteiger partial charge is 0.255 e. The molecule has 0 spiro atoms. The van der Waals surface area contributed by atoms with Gasteiger partial charge in [-0.3, -0.25) is 4.79 Å². The van der Waals surface area contributed by atoms with Crippen molar-refractivity contribution in [1.82, 2.24) is 4.90 Å². The number of nitrogens with zero attached hydrogens (tertiary/aromatic N) is 1. The molecule has 2 rings (SSSR count). The molecular formula is C13H17ClN2O2. The van der Waals surface area contributed by atoms with E-state index in [-0.39, 0.29) is 17.7 Å². The number of benzene rings is 1. The second-order valence-electron chi connectivity index (χ2n) is 4.95. The van der Waals surface area contributed by atoms with Gasteiger partial charge in [0, 0.05) is 19.6 Å². The lowest BCUT2D eigenvalue weighted by Gasteiger charge is -2.35. The van der Waals surface area contributed by atoms with E-state index in [9.17, 15) is 9.90 Å². The van der Waals surface area contributed by atoms with Crippen molar-refractivity contribution in [2.75, 3.05) is 13.6 Å². The van der Waals surface area contributed by atoms with Crippen molar-refractivity contribution in [3.05, 3.63) is 28.8 Å². The summed E-state index contributed by atoms with van der Waals surface area (Å²) in [5.41, 5.74) is 6.05. The van der Waals surface area contributed by atoms with Crippen LogP contribution in [0.1, 0.15) is 23.2 Å². The topological polar surface area (TPSA) is 66.6 Å². The number of carbonyl (C=O) groups excluding carboxylic acids is 1. The first kappa shape index (κ1) is 13.2. The Morgan fingerprint density at radius 3 is 2.83 bits per heavy atom. The van der Waals surface area contributed by atoms with Gasteiger partial charge in [-0.05, 0) is 37.0 Å². The van der Waals surface area contributed by atoms with Crippen molar-refractivity contribution in [2.45, 2.75) is 18.9 Å². The highest BCUT2D eigenvalue weighted by molar-refractivity contribution is 6.33. The minimum Gasteiger partial charge on any atom is -0.508 e. The SMILES string of the molecule is CN(CC1CC(N)C1)C(=O)c1cc(O)ccc1Cl. The lowest BCUT2D eigenvalue weighted by atomic mass is 9.80. The standard InChI is InChI=1S/C13H17ClN2O2/c1-16(7-8-4-9(15)5-8)13(18)11-6-10(17)2-3-12(11)14/h2-3,6,8-9,17H,4-5,7,15H2,1H3. The summed E-state index contributed by atoms with van der Waals surface area (Å²) in [5.74, 6) is 0.350. The molecule has 1 aromatic carbocycles. The lowest BCUT2D eigenvalue weighted by Crippen LogP contribution is -2.43. The molecule has 0 unspecified atom stereocenters. The predicted octanol–water partition coefficient (Wildman–Crippen LogP) is 1.85. The molecule has 0 aromatic heterocycles. The molecule has 1 amide bonds. The molecule has 0 saturated heterocycles. The third kappa shape index (κ3) is 2.76. The first-order chi connectivity index (χ1) is 8.47.